The molecule has 0 spiro atoms. The first kappa shape index (κ1) is 16.8. The van der Waals surface area contributed by atoms with E-state index in [1.54, 1.807) is 0 Å². The molecule has 2 fully saturated rings. The Hall–Kier alpha value is -0.590. The lowest BCUT2D eigenvalue weighted by Crippen LogP contribution is -2.55. The first-order chi connectivity index (χ1) is 10.1. The van der Waals surface area contributed by atoms with Crippen molar-refractivity contribution in [2.75, 3.05) is 7.05 Å². The molecule has 2 aliphatic carbocycles. The SMILES string of the molecule is CC(C)NC1(C#N)CCCC(N(C)C2CCCCCC2)C1. The summed E-state index contributed by atoms with van der Waals surface area (Å²) in [7, 11) is 2.31. The summed E-state index contributed by atoms with van der Waals surface area (Å²) in [4.78, 5) is 2.62. The van der Waals surface area contributed by atoms with Crippen molar-refractivity contribution in [3.8, 4) is 6.07 Å². The molecule has 0 aromatic carbocycles. The summed E-state index contributed by atoms with van der Waals surface area (Å²) in [5.74, 6) is 0. The van der Waals surface area contributed by atoms with Crippen LogP contribution in [0.25, 0.3) is 0 Å². The Morgan fingerprint density at radius 2 is 1.67 bits per heavy atom. The molecule has 21 heavy (non-hydrogen) atoms. The normalized spacial score (nSPS) is 32.1. The highest BCUT2D eigenvalue weighted by molar-refractivity contribution is 5.11. The molecule has 120 valence electrons. The molecule has 0 heterocycles. The molecule has 0 aromatic rings. The molecule has 0 radical (unpaired) electrons. The van der Waals surface area contributed by atoms with Crippen LogP contribution in [0.15, 0.2) is 0 Å². The van der Waals surface area contributed by atoms with Crippen LogP contribution >= 0.6 is 0 Å². The number of nitriles is 1. The molecule has 0 bridgehead atoms. The maximum atomic E-state index is 9.71. The second-order valence-corrected chi connectivity index (χ2v) is 7.55. The van der Waals surface area contributed by atoms with E-state index >= 15 is 0 Å². The lowest BCUT2D eigenvalue weighted by molar-refractivity contribution is 0.0948. The Labute approximate surface area is 131 Å². The van der Waals surface area contributed by atoms with Gasteiger partial charge in [-0.2, -0.15) is 5.26 Å². The minimum absolute atomic E-state index is 0.296. The van der Waals surface area contributed by atoms with Gasteiger partial charge in [0.2, 0.25) is 0 Å². The second-order valence-electron chi connectivity index (χ2n) is 7.55. The van der Waals surface area contributed by atoms with Crippen LogP contribution in [0.4, 0.5) is 0 Å². The van der Waals surface area contributed by atoms with E-state index < -0.39 is 0 Å². The molecule has 3 heteroatoms. The topological polar surface area (TPSA) is 39.1 Å². The molecule has 2 unspecified atom stereocenters. The zero-order valence-corrected chi connectivity index (χ0v) is 14.2. The molecule has 0 saturated heterocycles. The van der Waals surface area contributed by atoms with Crippen LogP contribution in [0.5, 0.6) is 0 Å². The van der Waals surface area contributed by atoms with Gasteiger partial charge in [0.15, 0.2) is 0 Å². The summed E-state index contributed by atoms with van der Waals surface area (Å²) in [6, 6.07) is 4.31. The van der Waals surface area contributed by atoms with Gasteiger partial charge in [-0.25, -0.2) is 0 Å². The van der Waals surface area contributed by atoms with Crippen LogP contribution in [-0.4, -0.2) is 35.6 Å². The van der Waals surface area contributed by atoms with Crippen LogP contribution in [0.2, 0.25) is 0 Å². The molecule has 2 saturated carbocycles. The van der Waals surface area contributed by atoms with E-state index in [0.717, 1.165) is 18.9 Å². The predicted octanol–water partition coefficient (Wildman–Crippen LogP) is 3.84. The van der Waals surface area contributed by atoms with E-state index in [2.05, 4.69) is 37.2 Å². The van der Waals surface area contributed by atoms with Gasteiger partial charge in [-0.1, -0.05) is 25.7 Å². The van der Waals surface area contributed by atoms with Gasteiger partial charge in [0, 0.05) is 18.1 Å². The molecule has 2 rings (SSSR count). The Morgan fingerprint density at radius 3 is 2.24 bits per heavy atom. The van der Waals surface area contributed by atoms with Gasteiger partial charge in [0.25, 0.3) is 0 Å². The Balaban J connectivity index is 2.00. The van der Waals surface area contributed by atoms with Crippen molar-refractivity contribution < 1.29 is 0 Å². The van der Waals surface area contributed by atoms with Crippen molar-refractivity contribution in [3.63, 3.8) is 0 Å². The average Bonchev–Trinajstić information content (AvgIpc) is 2.75. The number of nitrogens with zero attached hydrogens (tertiary/aromatic N) is 2. The van der Waals surface area contributed by atoms with E-state index in [1.165, 1.54) is 51.4 Å². The van der Waals surface area contributed by atoms with Crippen molar-refractivity contribution in [1.29, 1.82) is 5.26 Å². The highest BCUT2D eigenvalue weighted by Crippen LogP contribution is 2.33. The number of nitrogens with one attached hydrogen (secondary N) is 1. The number of hydrogen-bond acceptors (Lipinski definition) is 3. The highest BCUT2D eigenvalue weighted by atomic mass is 15.2. The van der Waals surface area contributed by atoms with Crippen LogP contribution in [0.3, 0.4) is 0 Å². The zero-order chi connectivity index (χ0) is 15.3. The van der Waals surface area contributed by atoms with Crippen molar-refractivity contribution in [3.05, 3.63) is 0 Å². The summed E-state index contributed by atoms with van der Waals surface area (Å²) >= 11 is 0. The van der Waals surface area contributed by atoms with Crippen LogP contribution < -0.4 is 5.32 Å². The third kappa shape index (κ3) is 4.44. The van der Waals surface area contributed by atoms with Gasteiger partial charge in [-0.05, 0) is 59.4 Å². The van der Waals surface area contributed by atoms with Crippen LogP contribution in [-0.2, 0) is 0 Å². The average molecular weight is 291 g/mol. The van der Waals surface area contributed by atoms with Gasteiger partial charge < -0.3 is 4.90 Å². The summed E-state index contributed by atoms with van der Waals surface area (Å²) in [5, 5.41) is 13.3. The summed E-state index contributed by atoms with van der Waals surface area (Å²) in [5.41, 5.74) is -0.296. The van der Waals surface area contributed by atoms with E-state index in [0.29, 0.717) is 12.1 Å². The first-order valence-electron chi connectivity index (χ1n) is 8.97. The minimum Gasteiger partial charge on any atom is -0.300 e. The van der Waals surface area contributed by atoms with E-state index in [9.17, 15) is 5.26 Å². The third-order valence-electron chi connectivity index (χ3n) is 5.48. The molecule has 2 aliphatic rings. The van der Waals surface area contributed by atoms with Crippen molar-refractivity contribution in [1.82, 2.24) is 10.2 Å². The van der Waals surface area contributed by atoms with Gasteiger partial charge in [-0.3, -0.25) is 5.32 Å². The summed E-state index contributed by atoms with van der Waals surface area (Å²) in [6.07, 6.45) is 12.7. The minimum atomic E-state index is -0.296. The summed E-state index contributed by atoms with van der Waals surface area (Å²) in [6.45, 7) is 4.30. The maximum Gasteiger partial charge on any atom is 0.108 e. The maximum absolute atomic E-state index is 9.71. The molecule has 1 N–H and O–H groups in total. The largest absolute Gasteiger partial charge is 0.300 e. The first-order valence-corrected chi connectivity index (χ1v) is 8.97. The van der Waals surface area contributed by atoms with Crippen LogP contribution in [0, 0.1) is 11.3 Å². The van der Waals surface area contributed by atoms with Crippen molar-refractivity contribution in [2.45, 2.75) is 102 Å². The van der Waals surface area contributed by atoms with Gasteiger partial charge in [0.1, 0.15) is 5.54 Å². The number of hydrogen-bond donors (Lipinski definition) is 1. The molecule has 0 aliphatic heterocycles. The fraction of sp³-hybridized carbons (Fsp3) is 0.944. The quantitative estimate of drug-likeness (QED) is 0.800. The van der Waals surface area contributed by atoms with Crippen LogP contribution in [0.1, 0.15) is 78.1 Å². The summed E-state index contributed by atoms with van der Waals surface area (Å²) < 4.78 is 0. The highest BCUT2D eigenvalue weighted by Gasteiger charge is 2.39. The standard InChI is InChI=1S/C18H33N3/c1-15(2)20-18(14-19)12-8-11-17(13-18)21(3)16-9-6-4-5-7-10-16/h15-17,20H,4-13H2,1-3H3. The van der Waals surface area contributed by atoms with E-state index in [-0.39, 0.29) is 5.54 Å². The molecule has 3 nitrogen and oxygen atoms in total. The Kier molecular flexibility index (Phi) is 6.08. The monoisotopic (exact) mass is 291 g/mol. The molecular weight excluding hydrogens is 258 g/mol. The van der Waals surface area contributed by atoms with E-state index in [1.807, 2.05) is 0 Å². The predicted molar refractivity (Wildman–Crippen MR) is 88.1 cm³/mol. The van der Waals surface area contributed by atoms with Gasteiger partial charge in [-0.15, -0.1) is 0 Å². The second kappa shape index (κ2) is 7.61. The van der Waals surface area contributed by atoms with E-state index in [4.69, 9.17) is 0 Å². The van der Waals surface area contributed by atoms with Crippen molar-refractivity contribution in [2.24, 2.45) is 0 Å². The fourth-order valence-electron chi connectivity index (χ4n) is 4.37. The molecular formula is C18H33N3. The smallest absolute Gasteiger partial charge is 0.108 e. The zero-order valence-electron chi connectivity index (χ0n) is 14.2. The van der Waals surface area contributed by atoms with Gasteiger partial charge in [0.05, 0.1) is 6.07 Å². The van der Waals surface area contributed by atoms with Gasteiger partial charge >= 0.3 is 0 Å². The Morgan fingerprint density at radius 1 is 1.05 bits per heavy atom. The molecule has 0 aromatic heterocycles. The third-order valence-corrected chi connectivity index (χ3v) is 5.48. The molecule has 2 atom stereocenters. The fourth-order valence-corrected chi connectivity index (χ4v) is 4.37. The molecule has 0 amide bonds. The Bertz CT molecular complexity index is 352. The lowest BCUT2D eigenvalue weighted by Gasteiger charge is -2.43. The van der Waals surface area contributed by atoms with Crippen molar-refractivity contribution >= 4 is 0 Å². The lowest BCUT2D eigenvalue weighted by atomic mass is 9.78. The number of rotatable bonds is 4.